The Labute approximate surface area is 210 Å². The quantitative estimate of drug-likeness (QED) is 0.133. The van der Waals surface area contributed by atoms with E-state index in [0.29, 0.717) is 32.1 Å². The van der Waals surface area contributed by atoms with Gasteiger partial charge < -0.3 is 56.2 Å². The zero-order valence-electron chi connectivity index (χ0n) is 22.1. The number of carbonyl (C=O) groups is 1. The molecule has 0 aliphatic rings. The molecular formula is C23H54O12. The zero-order chi connectivity index (χ0) is 29.2. The number of hydrogen-bond acceptors (Lipinski definition) is 11. The largest absolute Gasteiger partial charge is 0.478 e. The smallest absolute Gasteiger partial charge is 0.327 e. The third-order valence-electron chi connectivity index (χ3n) is 2.91. The molecule has 0 rings (SSSR count). The number of aliphatic hydroxyl groups excluding tert-OH is 5. The second-order valence-corrected chi connectivity index (χ2v) is 6.89. The van der Waals surface area contributed by atoms with Crippen LogP contribution in [0.25, 0.3) is 0 Å². The molecule has 0 amide bonds. The molecule has 0 spiro atoms. The van der Waals surface area contributed by atoms with Gasteiger partial charge in [-0.2, -0.15) is 0 Å². The maximum absolute atomic E-state index is 9.25. The molecule has 11 N–H and O–H groups in total. The Morgan fingerprint density at radius 2 is 0.629 bits per heavy atom. The molecule has 0 saturated heterocycles. The van der Waals surface area contributed by atoms with Crippen LogP contribution in [0.2, 0.25) is 0 Å². The molecule has 12 heteroatoms. The molecule has 218 valence electrons. The maximum atomic E-state index is 9.25. The predicted molar refractivity (Wildman–Crippen MR) is 134 cm³/mol. The van der Waals surface area contributed by atoms with Crippen molar-refractivity contribution in [3.63, 3.8) is 0 Å². The Morgan fingerprint density at radius 3 is 0.629 bits per heavy atom. The van der Waals surface area contributed by atoms with E-state index in [9.17, 15) is 4.79 Å². The fraction of sp³-hybridized carbons (Fsp3) is 0.870. The standard InChI is InChI=1S/5C4H10O2.C3H4O2/c5*1-2-3-4(5)6;1-2-3(4)5/h5*4-6H,2-3H2,1H3;2H,1H2,(H,4,5). The third kappa shape index (κ3) is 125. The minimum absolute atomic E-state index is 0.486. The lowest BCUT2D eigenvalue weighted by Crippen LogP contribution is -2.01. The fourth-order valence-corrected chi connectivity index (χ4v) is 1.29. The van der Waals surface area contributed by atoms with E-state index >= 15 is 0 Å². The molecule has 0 aromatic carbocycles. The highest BCUT2D eigenvalue weighted by Crippen LogP contribution is 1.90. The summed E-state index contributed by atoms with van der Waals surface area (Å²) >= 11 is 0. The van der Waals surface area contributed by atoms with Gasteiger partial charge in [-0.25, -0.2) is 4.79 Å². The highest BCUT2D eigenvalue weighted by atomic mass is 16.5. The molecular weight excluding hydrogens is 468 g/mol. The van der Waals surface area contributed by atoms with E-state index in [1.54, 1.807) is 0 Å². The van der Waals surface area contributed by atoms with Crippen LogP contribution in [-0.4, -0.2) is 93.6 Å². The normalized spacial score (nSPS) is 9.49. The SMILES string of the molecule is C=CC(=O)O.CCCC(O)O.CCCC(O)O.CCCC(O)O.CCCC(O)O.CCCC(O)O. The van der Waals surface area contributed by atoms with Gasteiger partial charge in [0, 0.05) is 6.08 Å². The van der Waals surface area contributed by atoms with Gasteiger partial charge in [0.2, 0.25) is 0 Å². The monoisotopic (exact) mass is 522 g/mol. The van der Waals surface area contributed by atoms with Crippen LogP contribution in [0.5, 0.6) is 0 Å². The van der Waals surface area contributed by atoms with Crippen molar-refractivity contribution in [2.45, 2.75) is 130 Å². The van der Waals surface area contributed by atoms with E-state index in [1.807, 2.05) is 34.6 Å². The second-order valence-electron chi connectivity index (χ2n) is 6.89. The summed E-state index contributed by atoms with van der Waals surface area (Å²) in [4.78, 5) is 9.25. The molecule has 0 aliphatic heterocycles. The number of carboxylic acids is 1. The first kappa shape index (κ1) is 47.1. The summed E-state index contributed by atoms with van der Waals surface area (Å²) in [6.45, 7) is 12.5. The summed E-state index contributed by atoms with van der Waals surface area (Å²) in [5.41, 5.74) is 0. The molecule has 35 heavy (non-hydrogen) atoms. The zero-order valence-corrected chi connectivity index (χ0v) is 22.1. The van der Waals surface area contributed by atoms with Gasteiger partial charge in [-0.05, 0) is 32.1 Å². The summed E-state index contributed by atoms with van der Waals surface area (Å²) in [6.07, 6.45) is 1.91. The van der Waals surface area contributed by atoms with Crippen molar-refractivity contribution in [3.8, 4) is 0 Å². The Bertz CT molecular complexity index is 304. The van der Waals surface area contributed by atoms with Crippen molar-refractivity contribution in [1.82, 2.24) is 0 Å². The second kappa shape index (κ2) is 42.9. The summed E-state index contributed by atoms with van der Waals surface area (Å²) in [6, 6.07) is 0. The molecule has 12 nitrogen and oxygen atoms in total. The molecule has 0 atom stereocenters. The van der Waals surface area contributed by atoms with E-state index in [1.165, 1.54) is 0 Å². The van der Waals surface area contributed by atoms with Crippen molar-refractivity contribution in [2.75, 3.05) is 0 Å². The average molecular weight is 523 g/mol. The van der Waals surface area contributed by atoms with Crippen LogP contribution in [-0.2, 0) is 4.79 Å². The van der Waals surface area contributed by atoms with Crippen LogP contribution in [0.15, 0.2) is 12.7 Å². The number of rotatable bonds is 11. The van der Waals surface area contributed by atoms with E-state index < -0.39 is 37.4 Å². The maximum Gasteiger partial charge on any atom is 0.327 e. The van der Waals surface area contributed by atoms with Crippen molar-refractivity contribution in [1.29, 1.82) is 0 Å². The van der Waals surface area contributed by atoms with Crippen LogP contribution in [0.1, 0.15) is 98.8 Å². The van der Waals surface area contributed by atoms with Crippen LogP contribution in [0.4, 0.5) is 0 Å². The van der Waals surface area contributed by atoms with E-state index in [0.717, 1.165) is 38.2 Å². The van der Waals surface area contributed by atoms with E-state index in [-0.39, 0.29) is 0 Å². The number of aliphatic carboxylic acids is 1. The highest BCUT2D eigenvalue weighted by molar-refractivity contribution is 5.78. The molecule has 0 heterocycles. The molecule has 0 saturated carbocycles. The lowest BCUT2D eigenvalue weighted by Gasteiger charge is -1.94. The van der Waals surface area contributed by atoms with Crippen molar-refractivity contribution >= 4 is 5.97 Å². The highest BCUT2D eigenvalue weighted by Gasteiger charge is 1.91. The van der Waals surface area contributed by atoms with Gasteiger partial charge in [0.25, 0.3) is 0 Å². The summed E-state index contributed by atoms with van der Waals surface area (Å²) < 4.78 is 0. The average Bonchev–Trinajstić information content (AvgIpc) is 2.69. The minimum Gasteiger partial charge on any atom is -0.478 e. The molecule has 0 radical (unpaired) electrons. The molecule has 0 aliphatic carbocycles. The van der Waals surface area contributed by atoms with Gasteiger partial charge >= 0.3 is 5.97 Å². The van der Waals surface area contributed by atoms with E-state index in [4.69, 9.17) is 56.2 Å². The number of aliphatic hydroxyl groups is 10. The molecule has 0 fully saturated rings. The van der Waals surface area contributed by atoms with Crippen molar-refractivity contribution < 1.29 is 61.0 Å². The lowest BCUT2D eigenvalue weighted by molar-refractivity contribution is -0.131. The third-order valence-corrected chi connectivity index (χ3v) is 2.91. The van der Waals surface area contributed by atoms with Gasteiger partial charge in [0.15, 0.2) is 31.5 Å². The van der Waals surface area contributed by atoms with Crippen LogP contribution >= 0.6 is 0 Å². The lowest BCUT2D eigenvalue weighted by atomic mass is 10.3. The molecule has 0 bridgehead atoms. The number of carboxylic acid groups (broad SMARTS) is 1. The van der Waals surface area contributed by atoms with Crippen molar-refractivity contribution in [2.24, 2.45) is 0 Å². The summed E-state index contributed by atoms with van der Waals surface area (Å²) in [5, 5.41) is 88.7. The van der Waals surface area contributed by atoms with Gasteiger partial charge in [0.05, 0.1) is 0 Å². The van der Waals surface area contributed by atoms with Crippen molar-refractivity contribution in [3.05, 3.63) is 12.7 Å². The van der Waals surface area contributed by atoms with Crippen LogP contribution in [0, 0.1) is 0 Å². The van der Waals surface area contributed by atoms with Gasteiger partial charge in [-0.1, -0.05) is 73.3 Å². The van der Waals surface area contributed by atoms with Crippen LogP contribution in [0.3, 0.4) is 0 Å². The summed E-state index contributed by atoms with van der Waals surface area (Å²) in [7, 11) is 0. The number of hydrogen-bond donors (Lipinski definition) is 11. The van der Waals surface area contributed by atoms with Gasteiger partial charge in [-0.3, -0.25) is 0 Å². The molecule has 0 unspecified atom stereocenters. The topological polar surface area (TPSA) is 240 Å². The van der Waals surface area contributed by atoms with Gasteiger partial charge in [0.1, 0.15) is 0 Å². The Kier molecular flexibility index (Phi) is 57.7. The summed E-state index contributed by atoms with van der Waals surface area (Å²) in [5.74, 6) is -0.981. The minimum atomic E-state index is -1.10. The molecule has 0 aromatic heterocycles. The first-order valence-corrected chi connectivity index (χ1v) is 11.8. The first-order valence-electron chi connectivity index (χ1n) is 11.8. The Morgan fingerprint density at radius 1 is 0.514 bits per heavy atom. The van der Waals surface area contributed by atoms with Gasteiger partial charge in [-0.15, -0.1) is 0 Å². The van der Waals surface area contributed by atoms with Crippen LogP contribution < -0.4 is 0 Å². The fourth-order valence-electron chi connectivity index (χ4n) is 1.29. The van der Waals surface area contributed by atoms with E-state index in [2.05, 4.69) is 6.58 Å². The Hall–Kier alpha value is -1.19. The molecule has 0 aromatic rings. The Balaban J connectivity index is -0.0000000722. The predicted octanol–water partition coefficient (Wildman–Crippen LogP) is 0.743. The first-order chi connectivity index (χ1) is 16.1.